The van der Waals surface area contributed by atoms with Crippen LogP contribution in [-0.2, 0) is 9.59 Å². The molecule has 0 saturated carbocycles. The molecule has 0 heterocycles. The molecule has 0 aromatic rings. The summed E-state index contributed by atoms with van der Waals surface area (Å²) in [5, 5.41) is 35.7. The van der Waals surface area contributed by atoms with Crippen LogP contribution < -0.4 is 61.6 Å². The predicted molar refractivity (Wildman–Crippen MR) is 27.8 cm³/mol. The summed E-state index contributed by atoms with van der Waals surface area (Å²) in [5.41, 5.74) is 0. The summed E-state index contributed by atoms with van der Waals surface area (Å²) in [6, 6.07) is 0. The van der Waals surface area contributed by atoms with Crippen molar-refractivity contribution in [2.24, 2.45) is 0 Å². The molecular formula is C4H4KO6Sb+2. The summed E-state index contributed by atoms with van der Waals surface area (Å²) in [7, 11) is 0. The number of rotatable bonds is 3. The second-order valence-electron chi connectivity index (χ2n) is 1.53. The van der Waals surface area contributed by atoms with Gasteiger partial charge >= 0.3 is 75.8 Å². The topological polar surface area (TPSA) is 121 Å². The molecule has 0 aromatic heterocycles. The van der Waals surface area contributed by atoms with Gasteiger partial charge in [0.1, 0.15) is 12.2 Å². The first-order valence-electron chi connectivity index (χ1n) is 2.24. The maximum absolute atomic E-state index is 9.63. The Labute approximate surface area is 128 Å². The van der Waals surface area contributed by atoms with E-state index in [-0.39, 0.29) is 75.8 Å². The van der Waals surface area contributed by atoms with Gasteiger partial charge in [-0.3, -0.25) is 0 Å². The van der Waals surface area contributed by atoms with Crippen molar-refractivity contribution in [3.8, 4) is 0 Å². The number of aliphatic carboxylic acids is 2. The first kappa shape index (κ1) is 19.0. The van der Waals surface area contributed by atoms with E-state index in [0.717, 1.165) is 0 Å². The van der Waals surface area contributed by atoms with Crippen LogP contribution in [0.5, 0.6) is 0 Å². The van der Waals surface area contributed by atoms with Gasteiger partial charge in [0, 0.05) is 0 Å². The molecule has 0 saturated heterocycles. The van der Waals surface area contributed by atoms with Crippen molar-refractivity contribution < 1.29 is 81.4 Å². The Morgan fingerprint density at radius 3 is 1.25 bits per heavy atom. The van der Waals surface area contributed by atoms with E-state index < -0.39 is 24.1 Å². The standard InChI is InChI=1S/C4H6O6.K.Sb/c5-1(3(7)8)2(6)4(9)10;;/h1-2,5-6H,(H,7,8)(H,9,10);;/q;+1;+3/p-2. The second kappa shape index (κ2) is 8.89. The Morgan fingerprint density at radius 2 is 1.17 bits per heavy atom. The van der Waals surface area contributed by atoms with Crippen LogP contribution in [0.15, 0.2) is 0 Å². The van der Waals surface area contributed by atoms with E-state index in [0.29, 0.717) is 0 Å². The zero-order valence-corrected chi connectivity index (χ0v) is 11.8. The van der Waals surface area contributed by atoms with Gasteiger partial charge in [-0.25, -0.2) is 0 Å². The van der Waals surface area contributed by atoms with Crippen molar-refractivity contribution in [1.82, 2.24) is 0 Å². The molecule has 6 nitrogen and oxygen atoms in total. The van der Waals surface area contributed by atoms with E-state index in [1.165, 1.54) is 0 Å². The van der Waals surface area contributed by atoms with Crippen molar-refractivity contribution in [2.45, 2.75) is 12.2 Å². The minimum absolute atomic E-state index is 0. The maximum Gasteiger partial charge on any atom is 3.00 e. The van der Waals surface area contributed by atoms with Crippen LogP contribution in [0, 0.1) is 0 Å². The van der Waals surface area contributed by atoms with E-state index in [9.17, 15) is 19.8 Å². The number of carbonyl (C=O) groups is 2. The molecule has 2 N–H and O–H groups in total. The summed E-state index contributed by atoms with van der Waals surface area (Å²) >= 11 is 0. The number of hydrogen-bond acceptors (Lipinski definition) is 6. The average molecular weight is 309 g/mol. The molecule has 0 aromatic carbocycles. The van der Waals surface area contributed by atoms with Gasteiger partial charge in [0.25, 0.3) is 0 Å². The van der Waals surface area contributed by atoms with E-state index in [1.807, 2.05) is 0 Å². The van der Waals surface area contributed by atoms with Crippen molar-refractivity contribution in [3.05, 3.63) is 0 Å². The van der Waals surface area contributed by atoms with E-state index in [4.69, 9.17) is 10.2 Å². The minimum atomic E-state index is -2.44. The Kier molecular flexibility index (Phi) is 14.1. The molecule has 2 atom stereocenters. The first-order chi connectivity index (χ1) is 4.46. The number of carbonyl (C=O) groups excluding carboxylic acids is 2. The fraction of sp³-hybridized carbons (Fsp3) is 0.500. The molecule has 2 unspecified atom stereocenters. The van der Waals surface area contributed by atoms with Crippen LogP contribution in [0.4, 0.5) is 0 Å². The monoisotopic (exact) mass is 308 g/mol. The number of carboxylic acids is 2. The molecule has 0 aliphatic carbocycles. The molecule has 12 heavy (non-hydrogen) atoms. The molecular weight excluding hydrogens is 305 g/mol. The smallest absolute Gasteiger partial charge is 0.547 e. The molecule has 0 amide bonds. The third kappa shape index (κ3) is 6.79. The summed E-state index contributed by atoms with van der Waals surface area (Å²) < 4.78 is 0. The Bertz CT molecular complexity index is 144. The zero-order chi connectivity index (χ0) is 8.31. The van der Waals surface area contributed by atoms with Crippen LogP contribution in [0.25, 0.3) is 0 Å². The summed E-state index contributed by atoms with van der Waals surface area (Å²) in [4.78, 5) is 19.3. The van der Waals surface area contributed by atoms with Gasteiger partial charge < -0.3 is 30.0 Å². The molecule has 0 aliphatic rings. The van der Waals surface area contributed by atoms with Gasteiger partial charge in [-0.05, 0) is 0 Å². The second-order valence-corrected chi connectivity index (χ2v) is 1.53. The van der Waals surface area contributed by atoms with E-state index in [1.54, 1.807) is 0 Å². The van der Waals surface area contributed by atoms with Gasteiger partial charge in [0.05, 0.1) is 11.9 Å². The maximum atomic E-state index is 9.63. The van der Waals surface area contributed by atoms with Crippen molar-refractivity contribution in [3.63, 3.8) is 0 Å². The summed E-state index contributed by atoms with van der Waals surface area (Å²) in [5.74, 6) is -4.12. The third-order valence-electron chi connectivity index (χ3n) is 0.782. The molecule has 0 spiro atoms. The van der Waals surface area contributed by atoms with Gasteiger partial charge in [0.15, 0.2) is 0 Å². The molecule has 0 fully saturated rings. The molecule has 60 valence electrons. The van der Waals surface area contributed by atoms with Gasteiger partial charge in [-0.15, -0.1) is 0 Å². The van der Waals surface area contributed by atoms with E-state index >= 15 is 0 Å². The summed E-state index contributed by atoms with van der Waals surface area (Å²) in [6.07, 6.45) is -4.88. The SMILES string of the molecule is O=C([O-])C(O)C(O)C(=O)[O-].[K+].[Sb+3]. The number of aliphatic hydroxyl groups is 2. The number of aliphatic hydroxyl groups excluding tert-OH is 2. The molecule has 0 aliphatic heterocycles. The zero-order valence-electron chi connectivity index (χ0n) is 6.13. The van der Waals surface area contributed by atoms with Gasteiger partial charge in [-0.1, -0.05) is 0 Å². The van der Waals surface area contributed by atoms with Crippen LogP contribution >= 0.6 is 0 Å². The largest absolute Gasteiger partial charge is 3.00 e. The van der Waals surface area contributed by atoms with Crippen molar-refractivity contribution in [1.29, 1.82) is 0 Å². The van der Waals surface area contributed by atoms with Crippen LogP contribution in [0.3, 0.4) is 0 Å². The van der Waals surface area contributed by atoms with Gasteiger partial charge in [0.2, 0.25) is 0 Å². The Hall–Kier alpha value is 1.31. The minimum Gasteiger partial charge on any atom is -0.547 e. The number of hydrogen-bond donors (Lipinski definition) is 2. The molecule has 0 bridgehead atoms. The van der Waals surface area contributed by atoms with Crippen LogP contribution in [0.2, 0.25) is 0 Å². The molecule has 8 heteroatoms. The predicted octanol–water partition coefficient (Wildman–Crippen LogP) is -8.17. The number of carboxylic acid groups (broad SMARTS) is 2. The van der Waals surface area contributed by atoms with Gasteiger partial charge in [-0.2, -0.15) is 0 Å². The van der Waals surface area contributed by atoms with Crippen LogP contribution in [0.1, 0.15) is 0 Å². The first-order valence-corrected chi connectivity index (χ1v) is 2.24. The van der Waals surface area contributed by atoms with Crippen molar-refractivity contribution >= 4 is 36.4 Å². The fourth-order valence-electron chi connectivity index (χ4n) is 0.258. The van der Waals surface area contributed by atoms with E-state index in [2.05, 4.69) is 0 Å². The average Bonchev–Trinajstić information content (AvgIpc) is 1.84. The molecule has 2 radical (unpaired) electrons. The quantitative estimate of drug-likeness (QED) is 0.500. The third-order valence-corrected chi connectivity index (χ3v) is 0.782. The summed E-state index contributed by atoms with van der Waals surface area (Å²) in [6.45, 7) is 0. The Morgan fingerprint density at radius 1 is 1.00 bits per heavy atom. The fourth-order valence-corrected chi connectivity index (χ4v) is 0.258. The Balaban J connectivity index is -0.000000405. The van der Waals surface area contributed by atoms with Crippen LogP contribution in [-0.4, -0.2) is 58.8 Å². The normalized spacial score (nSPS) is 13.2. The van der Waals surface area contributed by atoms with Crippen molar-refractivity contribution in [2.75, 3.05) is 0 Å². The molecule has 0 rings (SSSR count).